The molecular formula is C16H20N2O2. The molecule has 0 radical (unpaired) electrons. The average Bonchev–Trinajstić information content (AvgIpc) is 2.88. The zero-order valence-electron chi connectivity index (χ0n) is 12.3. The minimum absolute atomic E-state index is 0.0422. The molecule has 2 fully saturated rings. The molecule has 4 nitrogen and oxygen atoms in total. The van der Waals surface area contributed by atoms with E-state index in [9.17, 15) is 9.59 Å². The number of rotatable bonds is 3. The fourth-order valence-corrected chi connectivity index (χ4v) is 3.28. The summed E-state index contributed by atoms with van der Waals surface area (Å²) in [6, 6.07) is 7.90. The molecule has 3 rings (SSSR count). The van der Waals surface area contributed by atoms with Gasteiger partial charge in [-0.15, -0.1) is 0 Å². The number of anilines is 1. The van der Waals surface area contributed by atoms with Gasteiger partial charge in [-0.05, 0) is 37.1 Å². The van der Waals surface area contributed by atoms with Crippen LogP contribution in [-0.4, -0.2) is 18.9 Å². The highest BCUT2D eigenvalue weighted by Gasteiger charge is 2.72. The van der Waals surface area contributed by atoms with Crippen LogP contribution in [0.5, 0.6) is 0 Å². The van der Waals surface area contributed by atoms with E-state index in [4.69, 9.17) is 0 Å². The van der Waals surface area contributed by atoms with Gasteiger partial charge in [-0.3, -0.25) is 14.5 Å². The number of benzene rings is 1. The fourth-order valence-electron chi connectivity index (χ4n) is 3.28. The number of imide groups is 1. The van der Waals surface area contributed by atoms with Crippen molar-refractivity contribution in [3.63, 3.8) is 0 Å². The number of fused-ring (bicyclic) bond motifs is 1. The third-order valence-corrected chi connectivity index (χ3v) is 4.88. The number of carbonyl (C=O) groups is 2. The lowest BCUT2D eigenvalue weighted by atomic mass is 10.0. The van der Waals surface area contributed by atoms with E-state index >= 15 is 0 Å². The van der Waals surface area contributed by atoms with Crippen LogP contribution in [0.25, 0.3) is 0 Å². The first kappa shape index (κ1) is 13.3. The van der Waals surface area contributed by atoms with Crippen LogP contribution in [0.4, 0.5) is 5.69 Å². The maximum atomic E-state index is 12.3. The van der Waals surface area contributed by atoms with Crippen LogP contribution in [0, 0.1) is 17.3 Å². The topological polar surface area (TPSA) is 49.4 Å². The van der Waals surface area contributed by atoms with E-state index in [1.54, 1.807) is 0 Å². The minimum Gasteiger partial charge on any atom is -0.313 e. The molecule has 1 saturated heterocycles. The summed E-state index contributed by atoms with van der Waals surface area (Å²) in [5.74, 6) is -0.323. The predicted molar refractivity (Wildman–Crippen MR) is 77.2 cm³/mol. The Balaban J connectivity index is 1.85. The van der Waals surface area contributed by atoms with Gasteiger partial charge in [0, 0.05) is 6.04 Å². The molecule has 0 aromatic heterocycles. The SMILES string of the molecule is CNC(C)c1ccc(N2C(=O)C3C(C2=O)C3(C)C)cc1. The summed E-state index contributed by atoms with van der Waals surface area (Å²) in [4.78, 5) is 26.0. The van der Waals surface area contributed by atoms with Gasteiger partial charge in [0.15, 0.2) is 0 Å². The van der Waals surface area contributed by atoms with Crippen LogP contribution in [0.15, 0.2) is 24.3 Å². The average molecular weight is 272 g/mol. The Bertz CT molecular complexity index is 553. The van der Waals surface area contributed by atoms with Gasteiger partial charge in [0.25, 0.3) is 0 Å². The van der Waals surface area contributed by atoms with Gasteiger partial charge in [0.05, 0.1) is 17.5 Å². The molecule has 1 aromatic rings. The van der Waals surface area contributed by atoms with E-state index in [0.717, 1.165) is 5.56 Å². The molecule has 20 heavy (non-hydrogen) atoms. The van der Waals surface area contributed by atoms with Crippen molar-refractivity contribution >= 4 is 17.5 Å². The normalized spacial score (nSPS) is 28.5. The molecule has 3 unspecified atom stereocenters. The highest BCUT2D eigenvalue weighted by Crippen LogP contribution is 2.63. The number of hydrogen-bond donors (Lipinski definition) is 1. The fraction of sp³-hybridized carbons (Fsp3) is 0.500. The van der Waals surface area contributed by atoms with Crippen molar-refractivity contribution in [1.29, 1.82) is 0 Å². The van der Waals surface area contributed by atoms with Gasteiger partial charge in [0.1, 0.15) is 0 Å². The Morgan fingerprint density at radius 3 is 2.05 bits per heavy atom. The Labute approximate surface area is 119 Å². The van der Waals surface area contributed by atoms with E-state index in [1.807, 2.05) is 45.2 Å². The zero-order valence-corrected chi connectivity index (χ0v) is 12.3. The Hall–Kier alpha value is -1.68. The molecule has 1 aromatic carbocycles. The quantitative estimate of drug-likeness (QED) is 0.857. The van der Waals surface area contributed by atoms with Gasteiger partial charge in [-0.2, -0.15) is 0 Å². The predicted octanol–water partition coefficient (Wildman–Crippen LogP) is 2.11. The third-order valence-electron chi connectivity index (χ3n) is 4.88. The van der Waals surface area contributed by atoms with Crippen molar-refractivity contribution in [3.8, 4) is 0 Å². The van der Waals surface area contributed by atoms with Crippen LogP contribution in [0.1, 0.15) is 32.4 Å². The molecule has 1 aliphatic heterocycles. The maximum Gasteiger partial charge on any atom is 0.238 e. The van der Waals surface area contributed by atoms with Crippen molar-refractivity contribution < 1.29 is 9.59 Å². The summed E-state index contributed by atoms with van der Waals surface area (Å²) in [6.45, 7) is 6.05. The molecule has 106 valence electrons. The molecule has 4 heteroatoms. The molecule has 0 spiro atoms. The largest absolute Gasteiger partial charge is 0.313 e. The summed E-state index contributed by atoms with van der Waals surface area (Å²) in [5, 5.41) is 3.17. The highest BCUT2D eigenvalue weighted by atomic mass is 16.2. The Morgan fingerprint density at radius 1 is 1.10 bits per heavy atom. The minimum atomic E-state index is -0.148. The first-order valence-electron chi connectivity index (χ1n) is 7.04. The third kappa shape index (κ3) is 1.64. The number of hydrogen-bond acceptors (Lipinski definition) is 3. The first-order valence-corrected chi connectivity index (χ1v) is 7.04. The van der Waals surface area contributed by atoms with Gasteiger partial charge < -0.3 is 5.32 Å². The summed E-state index contributed by atoms with van der Waals surface area (Å²) < 4.78 is 0. The molecule has 1 heterocycles. The molecule has 0 bridgehead atoms. The maximum absolute atomic E-state index is 12.3. The second kappa shape index (κ2) is 4.16. The van der Waals surface area contributed by atoms with E-state index < -0.39 is 0 Å². The molecule has 1 saturated carbocycles. The molecule has 2 aliphatic rings. The lowest BCUT2D eigenvalue weighted by Crippen LogP contribution is -2.36. The van der Waals surface area contributed by atoms with E-state index in [-0.39, 0.29) is 35.1 Å². The van der Waals surface area contributed by atoms with E-state index in [2.05, 4.69) is 12.2 Å². The summed E-state index contributed by atoms with van der Waals surface area (Å²) in [5.41, 5.74) is 1.68. The van der Waals surface area contributed by atoms with Crippen molar-refractivity contribution in [1.82, 2.24) is 5.32 Å². The second-order valence-electron chi connectivity index (χ2n) is 6.39. The van der Waals surface area contributed by atoms with Crippen LogP contribution in [-0.2, 0) is 9.59 Å². The molecule has 2 amide bonds. The Kier molecular flexibility index (Phi) is 2.77. The lowest BCUT2D eigenvalue weighted by molar-refractivity contribution is -0.125. The number of piperidine rings is 1. The van der Waals surface area contributed by atoms with Crippen molar-refractivity contribution in [2.75, 3.05) is 11.9 Å². The molecule has 1 N–H and O–H groups in total. The highest BCUT2D eigenvalue weighted by molar-refractivity contribution is 6.25. The standard InChI is InChI=1S/C16H20N2O2/c1-9(17-4)10-5-7-11(8-6-10)18-14(19)12-13(15(18)20)16(12,2)3/h5-9,12-13,17H,1-4H3. The molecule has 1 aliphatic carbocycles. The number of nitrogens with zero attached hydrogens (tertiary/aromatic N) is 1. The smallest absolute Gasteiger partial charge is 0.238 e. The zero-order chi connectivity index (χ0) is 14.7. The van der Waals surface area contributed by atoms with Crippen LogP contribution in [0.3, 0.4) is 0 Å². The van der Waals surface area contributed by atoms with Gasteiger partial charge in [0.2, 0.25) is 11.8 Å². The van der Waals surface area contributed by atoms with Crippen molar-refractivity contribution in [3.05, 3.63) is 29.8 Å². The number of nitrogens with one attached hydrogen (secondary N) is 1. The van der Waals surface area contributed by atoms with E-state index in [0.29, 0.717) is 5.69 Å². The van der Waals surface area contributed by atoms with Crippen LogP contribution >= 0.6 is 0 Å². The van der Waals surface area contributed by atoms with Gasteiger partial charge in [-0.1, -0.05) is 26.0 Å². The molecule has 3 atom stereocenters. The Morgan fingerprint density at radius 2 is 1.60 bits per heavy atom. The van der Waals surface area contributed by atoms with Crippen LogP contribution < -0.4 is 10.2 Å². The summed E-state index contributed by atoms with van der Waals surface area (Å²) in [6.07, 6.45) is 0. The number of carbonyl (C=O) groups excluding carboxylic acids is 2. The van der Waals surface area contributed by atoms with Gasteiger partial charge in [-0.25, -0.2) is 0 Å². The summed E-state index contributed by atoms with van der Waals surface area (Å²) in [7, 11) is 1.90. The van der Waals surface area contributed by atoms with Gasteiger partial charge >= 0.3 is 0 Å². The van der Waals surface area contributed by atoms with Crippen molar-refractivity contribution in [2.45, 2.75) is 26.8 Å². The second-order valence-corrected chi connectivity index (χ2v) is 6.39. The monoisotopic (exact) mass is 272 g/mol. The lowest BCUT2D eigenvalue weighted by Gasteiger charge is -2.21. The number of amides is 2. The summed E-state index contributed by atoms with van der Waals surface area (Å²) >= 11 is 0. The van der Waals surface area contributed by atoms with E-state index in [1.165, 1.54) is 4.90 Å². The van der Waals surface area contributed by atoms with Crippen LogP contribution in [0.2, 0.25) is 0 Å². The molecular weight excluding hydrogens is 252 g/mol. The first-order chi connectivity index (χ1) is 9.39. The van der Waals surface area contributed by atoms with Crippen molar-refractivity contribution in [2.24, 2.45) is 17.3 Å².